The minimum absolute atomic E-state index is 0.0337. The highest BCUT2D eigenvalue weighted by Crippen LogP contribution is 2.34. The van der Waals surface area contributed by atoms with Crippen LogP contribution in [0.1, 0.15) is 32.1 Å². The number of nitrogen functional groups attached to an aromatic ring is 2. The van der Waals surface area contributed by atoms with E-state index in [4.69, 9.17) is 16.2 Å². The highest BCUT2D eigenvalue weighted by Gasteiger charge is 2.24. The Labute approximate surface area is 315 Å². The van der Waals surface area contributed by atoms with Crippen molar-refractivity contribution in [2.75, 3.05) is 31.8 Å². The molecule has 0 fully saturated rings. The Bertz CT molecular complexity index is 2470. The monoisotopic (exact) mass is 757 g/mol. The summed E-state index contributed by atoms with van der Waals surface area (Å²) in [4.78, 5) is 38.2. The molecule has 7 aromatic rings. The lowest BCUT2D eigenvalue weighted by Crippen LogP contribution is -2.14. The Morgan fingerprint density at radius 2 is 1.05 bits per heavy atom. The maximum Gasteiger partial charge on any atom is 0.322 e. The average Bonchev–Trinajstić information content (AvgIpc) is 3.99. The number of aromatic nitrogens is 11. The molecule has 0 amide bonds. The molecule has 0 spiro atoms. The molecule has 0 atom stereocenters. The summed E-state index contributed by atoms with van der Waals surface area (Å²) >= 11 is 0. The van der Waals surface area contributed by atoms with Crippen LogP contribution in [0.3, 0.4) is 0 Å². The number of hydrogen-bond donors (Lipinski definition) is 4. The van der Waals surface area contributed by atoms with Crippen molar-refractivity contribution in [1.82, 2.24) is 54.1 Å². The number of nitrogens with two attached hydrogens (primary N) is 2. The maximum absolute atomic E-state index is 12.5. The minimum atomic E-state index is -0.761. The molecule has 0 saturated carbocycles. The lowest BCUT2D eigenvalue weighted by atomic mass is 10.2. The summed E-state index contributed by atoms with van der Waals surface area (Å²) in [5.41, 5.74) is 15.2. The molecule has 56 heavy (non-hydrogen) atoms. The normalized spacial score (nSPS) is 11.6. The van der Waals surface area contributed by atoms with Crippen LogP contribution >= 0.6 is 0 Å². The summed E-state index contributed by atoms with van der Waals surface area (Å²) in [5, 5.41) is 53.8. The van der Waals surface area contributed by atoms with Crippen molar-refractivity contribution in [2.45, 2.75) is 13.8 Å². The number of carbonyl (C=O) groups is 2. The number of methoxy groups -OCH3 is 1. The molecule has 5 heterocycles. The van der Waals surface area contributed by atoms with Crippen LogP contribution < -0.4 is 16.2 Å². The molecule has 0 bridgehead atoms. The second-order valence-corrected chi connectivity index (χ2v) is 11.7. The smallest absolute Gasteiger partial charge is 0.322 e. The third kappa shape index (κ3) is 6.74. The molecule has 0 saturated heterocycles. The van der Waals surface area contributed by atoms with Crippen LogP contribution in [0.4, 0.5) is 34.6 Å². The molecule has 0 unspecified atom stereocenters. The molecule has 282 valence electrons. The molecule has 22 heteroatoms. The van der Waals surface area contributed by atoms with Gasteiger partial charge in [0.05, 0.1) is 53.4 Å². The van der Waals surface area contributed by atoms with Crippen molar-refractivity contribution >= 4 is 46.2 Å². The second-order valence-electron chi connectivity index (χ2n) is 11.7. The first-order valence-corrected chi connectivity index (χ1v) is 16.5. The van der Waals surface area contributed by atoms with E-state index in [1.807, 2.05) is 12.1 Å². The van der Waals surface area contributed by atoms with Gasteiger partial charge < -0.3 is 26.4 Å². The van der Waals surface area contributed by atoms with E-state index in [9.17, 15) is 19.8 Å². The maximum atomic E-state index is 12.5. The van der Waals surface area contributed by atoms with Crippen LogP contribution in [0.15, 0.2) is 93.5 Å². The zero-order valence-corrected chi connectivity index (χ0v) is 29.8. The van der Waals surface area contributed by atoms with E-state index in [-0.39, 0.29) is 63.7 Å². The van der Waals surface area contributed by atoms with Gasteiger partial charge >= 0.3 is 6.01 Å². The number of aliphatic hydroxyl groups is 2. The van der Waals surface area contributed by atoms with Crippen molar-refractivity contribution in [3.05, 3.63) is 95.6 Å². The number of ether oxygens (including phenoxy) is 1. The van der Waals surface area contributed by atoms with E-state index in [0.29, 0.717) is 22.8 Å². The van der Waals surface area contributed by atoms with E-state index < -0.39 is 24.8 Å². The van der Waals surface area contributed by atoms with Gasteiger partial charge in [-0.2, -0.15) is 44.7 Å². The van der Waals surface area contributed by atoms with E-state index in [1.54, 1.807) is 62.4 Å². The number of Topliss-reactive ketones (excluding diaryl/α,β-unsaturated/α-hetero) is 2. The fourth-order valence-electron chi connectivity index (χ4n) is 5.39. The molecule has 2 aromatic carbocycles. The third-order valence-electron chi connectivity index (χ3n) is 8.15. The van der Waals surface area contributed by atoms with Gasteiger partial charge in [0, 0.05) is 0 Å². The van der Waals surface area contributed by atoms with Gasteiger partial charge in [0.1, 0.15) is 13.2 Å². The fourth-order valence-corrected chi connectivity index (χ4v) is 5.39. The quantitative estimate of drug-likeness (QED) is 0.0966. The number of carbonyl (C=O) groups excluding carboxylic acids is 2. The number of azo groups is 2. The molecule has 0 aliphatic carbocycles. The Morgan fingerprint density at radius 1 is 0.643 bits per heavy atom. The molecule has 0 aliphatic heterocycles. The number of rotatable bonds is 13. The van der Waals surface area contributed by atoms with Crippen molar-refractivity contribution in [3.63, 3.8) is 0 Å². The Kier molecular flexibility index (Phi) is 9.94. The van der Waals surface area contributed by atoms with Crippen molar-refractivity contribution < 1.29 is 24.5 Å². The van der Waals surface area contributed by atoms with Crippen LogP contribution in [0.5, 0.6) is 6.01 Å². The molecule has 0 radical (unpaired) electrons. The van der Waals surface area contributed by atoms with Gasteiger partial charge in [0.2, 0.25) is 0 Å². The number of aryl methyl sites for hydroxylation is 2. The second kappa shape index (κ2) is 15.2. The third-order valence-corrected chi connectivity index (χ3v) is 8.15. The van der Waals surface area contributed by atoms with Gasteiger partial charge in [-0.05, 0) is 38.1 Å². The summed E-state index contributed by atoms with van der Waals surface area (Å²) < 4.78 is 10.5. The number of ketones is 2. The van der Waals surface area contributed by atoms with Crippen molar-refractivity contribution in [2.24, 2.45) is 20.5 Å². The topological polar surface area (TPSA) is 295 Å². The van der Waals surface area contributed by atoms with Gasteiger partial charge in [0.15, 0.2) is 46.2 Å². The zero-order valence-electron chi connectivity index (χ0n) is 29.8. The minimum Gasteiger partial charge on any atom is -0.467 e. The summed E-state index contributed by atoms with van der Waals surface area (Å²) in [6, 6.07) is 17.7. The first kappa shape index (κ1) is 36.5. The summed E-state index contributed by atoms with van der Waals surface area (Å²) in [5.74, 6) is -1.37. The van der Waals surface area contributed by atoms with Crippen LogP contribution in [0, 0.1) is 13.8 Å². The highest BCUT2D eigenvalue weighted by atomic mass is 16.5. The lowest BCUT2D eigenvalue weighted by Gasteiger charge is -2.08. The largest absolute Gasteiger partial charge is 0.467 e. The summed E-state index contributed by atoms with van der Waals surface area (Å²) in [7, 11) is 1.35. The highest BCUT2D eigenvalue weighted by molar-refractivity contribution is 6.01. The number of aliphatic hydroxyl groups excluding tert-OH is 2. The number of anilines is 2. The van der Waals surface area contributed by atoms with Gasteiger partial charge in [-0.3, -0.25) is 9.59 Å². The van der Waals surface area contributed by atoms with Crippen molar-refractivity contribution in [1.29, 1.82) is 0 Å². The van der Waals surface area contributed by atoms with Crippen LogP contribution in [0.2, 0.25) is 0 Å². The van der Waals surface area contributed by atoms with Crippen LogP contribution in [-0.2, 0) is 0 Å². The molecule has 5 aromatic heterocycles. The predicted molar refractivity (Wildman–Crippen MR) is 197 cm³/mol. The van der Waals surface area contributed by atoms with Gasteiger partial charge in [-0.15, -0.1) is 20.5 Å². The number of para-hydroxylation sites is 2. The standard InChI is InChI=1S/C34H31N17O5/c1-18-26(42-44-30-22(24(54)16-52)14-37-48(30)20-10-6-4-7-11-20)28(35)50(46-18)32-39-33(41-34(40-32)56-3)51-29(36)27(19(2)47-51)43-45-31-23(25(55)17-53)15-38-49(31)21-12-8-5-9-13-21/h4-15,52-53H,16-17,35-36H2,1-3H3/b44-42+,45-43+. The van der Waals surface area contributed by atoms with E-state index in [2.05, 4.69) is 55.8 Å². The molecular weight excluding hydrogens is 726 g/mol. The Morgan fingerprint density at radius 3 is 1.43 bits per heavy atom. The van der Waals surface area contributed by atoms with E-state index in [0.717, 1.165) is 0 Å². The molecule has 7 rings (SSSR count). The lowest BCUT2D eigenvalue weighted by molar-refractivity contribution is 0.0898. The first-order valence-electron chi connectivity index (χ1n) is 16.5. The molecule has 6 N–H and O–H groups in total. The average molecular weight is 758 g/mol. The van der Waals surface area contributed by atoms with Gasteiger partial charge in [-0.25, -0.2) is 9.36 Å². The number of hydrogen-bond acceptors (Lipinski definition) is 18. The van der Waals surface area contributed by atoms with Crippen LogP contribution in [-0.4, -0.2) is 96.2 Å². The van der Waals surface area contributed by atoms with E-state index in [1.165, 1.54) is 38.2 Å². The SMILES string of the molecule is COc1nc(-n2nc(C)c(/N=N/c3c(C(=O)CO)cnn3-c3ccccc3)c2N)nc(-n2nc(C)c(/N=N/c3c(C(=O)CO)cnn3-c3ccccc3)c2N)n1. The summed E-state index contributed by atoms with van der Waals surface area (Å²) in [6.45, 7) is 1.74. The number of nitrogens with zero attached hydrogens (tertiary/aromatic N) is 15. The predicted octanol–water partition coefficient (Wildman–Crippen LogP) is 3.59. The fraction of sp³-hybridized carbons (Fsp3) is 0.147. The molecule has 0 aliphatic rings. The molecular formula is C34H31N17O5. The number of benzene rings is 2. The Balaban J connectivity index is 1.25. The van der Waals surface area contributed by atoms with Crippen LogP contribution in [0.25, 0.3) is 23.3 Å². The summed E-state index contributed by atoms with van der Waals surface area (Å²) in [6.07, 6.45) is 2.59. The first-order chi connectivity index (χ1) is 27.1. The van der Waals surface area contributed by atoms with Gasteiger partial charge in [-0.1, -0.05) is 36.4 Å². The van der Waals surface area contributed by atoms with Crippen molar-refractivity contribution in [3.8, 4) is 29.3 Å². The van der Waals surface area contributed by atoms with E-state index >= 15 is 0 Å². The zero-order chi connectivity index (χ0) is 39.5. The van der Waals surface area contributed by atoms with Gasteiger partial charge in [0.25, 0.3) is 11.9 Å². The molecule has 22 nitrogen and oxygen atoms in total. The Hall–Kier alpha value is -7.85.